The maximum absolute atomic E-state index is 10.7. The molecule has 3 aliphatic rings. The average molecular weight is 396 g/mol. The number of hydrogen-bond acceptors (Lipinski definition) is 12. The fourth-order valence-electron chi connectivity index (χ4n) is 3.87. The van der Waals surface area contributed by atoms with Crippen LogP contribution >= 0.6 is 0 Å². The van der Waals surface area contributed by atoms with Gasteiger partial charge in [0.15, 0.2) is 6.29 Å². The lowest BCUT2D eigenvalue weighted by Gasteiger charge is -2.45. The Kier molecular flexibility index (Phi) is 5.53. The van der Waals surface area contributed by atoms with Crippen LogP contribution in [0, 0.1) is 5.92 Å². The molecule has 11 atom stereocenters. The highest BCUT2D eigenvalue weighted by Gasteiger charge is 2.70. The van der Waals surface area contributed by atoms with E-state index in [-0.39, 0.29) is 0 Å². The van der Waals surface area contributed by atoms with E-state index in [1.54, 1.807) is 0 Å². The van der Waals surface area contributed by atoms with Crippen LogP contribution in [0.25, 0.3) is 0 Å². The van der Waals surface area contributed by atoms with Crippen molar-refractivity contribution in [3.8, 4) is 0 Å². The first kappa shape index (κ1) is 20.8. The summed E-state index contributed by atoms with van der Waals surface area (Å²) in [4.78, 5) is 0. The third-order valence-corrected chi connectivity index (χ3v) is 5.51. The molecule has 2 heterocycles. The van der Waals surface area contributed by atoms with Crippen LogP contribution in [-0.2, 0) is 14.2 Å². The second kappa shape index (κ2) is 7.17. The van der Waals surface area contributed by atoms with Gasteiger partial charge in [0.25, 0.3) is 0 Å². The van der Waals surface area contributed by atoms with Crippen LogP contribution in [0.5, 0.6) is 0 Å². The Hall–Kier alpha value is -0.900. The van der Waals surface area contributed by atoms with E-state index in [0.717, 1.165) is 12.3 Å². The molecule has 0 aromatic heterocycles. The lowest BCUT2D eigenvalue weighted by atomic mass is 9.80. The van der Waals surface area contributed by atoms with Crippen molar-refractivity contribution in [1.82, 2.24) is 0 Å². The highest BCUT2D eigenvalue weighted by molar-refractivity contribution is 5.25. The molecule has 3 rings (SSSR count). The number of rotatable bonds is 4. The Morgan fingerprint density at radius 3 is 2.15 bits per heavy atom. The van der Waals surface area contributed by atoms with Gasteiger partial charge in [-0.1, -0.05) is 0 Å². The van der Waals surface area contributed by atoms with Crippen LogP contribution in [0.1, 0.15) is 0 Å². The van der Waals surface area contributed by atoms with Crippen LogP contribution in [0.15, 0.2) is 12.3 Å². The molecule has 0 unspecified atom stereocenters. The summed E-state index contributed by atoms with van der Waals surface area (Å²) in [6.07, 6.45) is -11.7. The standard InChI is InChI=1S/C15H24O12/c16-3-5-6(18)7(19)8(20)12(26-5)27-13-9-14(23,1-2-25-13)10(21)11(22)15(9,24)4-17/h1-2,5-13,16-24H,3-4H2/t5-,6+,7+,8-,9-,10+,11+,12+,13-,14+,15+/m0/s1. The summed E-state index contributed by atoms with van der Waals surface area (Å²) in [5, 5.41) is 90.0. The van der Waals surface area contributed by atoms with Crippen molar-refractivity contribution in [3.05, 3.63) is 12.3 Å². The summed E-state index contributed by atoms with van der Waals surface area (Å²) in [5.41, 5.74) is -4.67. The molecule has 1 saturated carbocycles. The molecule has 0 aromatic rings. The third-order valence-electron chi connectivity index (χ3n) is 5.51. The van der Waals surface area contributed by atoms with Gasteiger partial charge in [-0.15, -0.1) is 0 Å². The van der Waals surface area contributed by atoms with E-state index in [2.05, 4.69) is 0 Å². The lowest BCUT2D eigenvalue weighted by Crippen LogP contribution is -2.62. The molecule has 0 aromatic carbocycles. The number of fused-ring (bicyclic) bond motifs is 1. The van der Waals surface area contributed by atoms with Crippen molar-refractivity contribution >= 4 is 0 Å². The average Bonchev–Trinajstić information content (AvgIpc) is 2.81. The molecule has 0 spiro atoms. The Balaban J connectivity index is 1.88. The van der Waals surface area contributed by atoms with E-state index in [9.17, 15) is 46.0 Å². The topological polar surface area (TPSA) is 210 Å². The molecule has 0 bridgehead atoms. The van der Waals surface area contributed by atoms with Crippen LogP contribution in [0.2, 0.25) is 0 Å². The van der Waals surface area contributed by atoms with Gasteiger partial charge in [0.05, 0.1) is 25.4 Å². The molecule has 12 nitrogen and oxygen atoms in total. The van der Waals surface area contributed by atoms with Gasteiger partial charge in [-0.2, -0.15) is 0 Å². The highest BCUT2D eigenvalue weighted by Crippen LogP contribution is 2.49. The summed E-state index contributed by atoms with van der Waals surface area (Å²) in [7, 11) is 0. The second-order valence-electron chi connectivity index (χ2n) is 7.04. The zero-order valence-corrected chi connectivity index (χ0v) is 14.0. The molecule has 27 heavy (non-hydrogen) atoms. The van der Waals surface area contributed by atoms with Gasteiger partial charge in [-0.25, -0.2) is 0 Å². The van der Waals surface area contributed by atoms with Gasteiger partial charge in [-0.3, -0.25) is 0 Å². The summed E-state index contributed by atoms with van der Waals surface area (Å²) in [6, 6.07) is 0. The molecule has 156 valence electrons. The molecule has 9 N–H and O–H groups in total. The maximum Gasteiger partial charge on any atom is 0.210 e. The normalized spacial score (nSPS) is 55.2. The van der Waals surface area contributed by atoms with E-state index in [4.69, 9.17) is 14.2 Å². The van der Waals surface area contributed by atoms with E-state index in [1.165, 1.54) is 0 Å². The van der Waals surface area contributed by atoms with Crippen LogP contribution in [-0.4, -0.2) is 120 Å². The second-order valence-corrected chi connectivity index (χ2v) is 7.04. The Bertz CT molecular complexity index is 571. The number of aliphatic hydroxyl groups excluding tert-OH is 7. The molecule has 1 saturated heterocycles. The van der Waals surface area contributed by atoms with Crippen LogP contribution in [0.3, 0.4) is 0 Å². The molecule has 0 amide bonds. The number of ether oxygens (including phenoxy) is 3. The first-order chi connectivity index (χ1) is 12.6. The lowest BCUT2D eigenvalue weighted by molar-refractivity contribution is -0.353. The minimum Gasteiger partial charge on any atom is -0.472 e. The van der Waals surface area contributed by atoms with E-state index < -0.39 is 79.5 Å². The van der Waals surface area contributed by atoms with Crippen molar-refractivity contribution in [2.45, 2.75) is 60.4 Å². The summed E-state index contributed by atoms with van der Waals surface area (Å²) < 4.78 is 15.7. The Morgan fingerprint density at radius 2 is 1.56 bits per heavy atom. The van der Waals surface area contributed by atoms with Crippen LogP contribution in [0.4, 0.5) is 0 Å². The van der Waals surface area contributed by atoms with Crippen molar-refractivity contribution in [3.63, 3.8) is 0 Å². The zero-order valence-electron chi connectivity index (χ0n) is 14.0. The minimum atomic E-state index is -2.43. The van der Waals surface area contributed by atoms with Crippen molar-refractivity contribution in [2.24, 2.45) is 5.92 Å². The Morgan fingerprint density at radius 1 is 0.889 bits per heavy atom. The molecular formula is C15H24O12. The molecule has 0 radical (unpaired) electrons. The van der Waals surface area contributed by atoms with Crippen molar-refractivity contribution in [1.29, 1.82) is 0 Å². The van der Waals surface area contributed by atoms with E-state index in [1.807, 2.05) is 0 Å². The van der Waals surface area contributed by atoms with Gasteiger partial charge in [-0.05, 0) is 6.08 Å². The smallest absolute Gasteiger partial charge is 0.210 e. The van der Waals surface area contributed by atoms with E-state index >= 15 is 0 Å². The first-order valence-electron chi connectivity index (χ1n) is 8.32. The van der Waals surface area contributed by atoms with Gasteiger partial charge < -0.3 is 60.2 Å². The minimum absolute atomic E-state index is 0.707. The number of hydrogen-bond donors (Lipinski definition) is 9. The molecule has 12 heteroatoms. The van der Waals surface area contributed by atoms with Crippen molar-refractivity contribution in [2.75, 3.05) is 13.2 Å². The fraction of sp³-hybridized carbons (Fsp3) is 0.867. The molecular weight excluding hydrogens is 372 g/mol. The fourth-order valence-corrected chi connectivity index (χ4v) is 3.87. The Labute approximate surface area is 153 Å². The predicted octanol–water partition coefficient (Wildman–Crippen LogP) is -5.52. The van der Waals surface area contributed by atoms with Crippen molar-refractivity contribution < 1.29 is 60.2 Å². The SMILES string of the molecule is OC[C@@H]1O[C@H](O[C@@H]2OC=C[C@]3(O)[C@H](O)[C@@H](O)[C@@](O)(CO)[C@@H]23)[C@@H](O)[C@H](O)[C@@H]1O. The molecule has 2 fully saturated rings. The summed E-state index contributed by atoms with van der Waals surface area (Å²) in [5.74, 6) is -1.61. The largest absolute Gasteiger partial charge is 0.472 e. The predicted molar refractivity (Wildman–Crippen MR) is 81.4 cm³/mol. The third kappa shape index (κ3) is 2.97. The number of aliphatic hydroxyl groups is 9. The molecule has 2 aliphatic heterocycles. The quantitative estimate of drug-likeness (QED) is 0.218. The van der Waals surface area contributed by atoms with Gasteiger partial charge in [0.1, 0.15) is 47.8 Å². The summed E-state index contributed by atoms with van der Waals surface area (Å²) >= 11 is 0. The van der Waals surface area contributed by atoms with Gasteiger partial charge in [0.2, 0.25) is 6.29 Å². The maximum atomic E-state index is 10.7. The van der Waals surface area contributed by atoms with Gasteiger partial charge in [0, 0.05) is 0 Å². The first-order valence-corrected chi connectivity index (χ1v) is 8.32. The highest BCUT2D eigenvalue weighted by atomic mass is 16.8. The van der Waals surface area contributed by atoms with Crippen LogP contribution < -0.4 is 0 Å². The molecule has 1 aliphatic carbocycles. The monoisotopic (exact) mass is 396 g/mol. The van der Waals surface area contributed by atoms with E-state index in [0.29, 0.717) is 0 Å². The zero-order chi connectivity index (χ0) is 20.1. The van der Waals surface area contributed by atoms with Gasteiger partial charge >= 0.3 is 0 Å². The summed E-state index contributed by atoms with van der Waals surface area (Å²) in [6.45, 7) is -1.77.